The van der Waals surface area contributed by atoms with Gasteiger partial charge in [0.05, 0.1) is 19.7 Å². The number of aromatic amines is 1. The van der Waals surface area contributed by atoms with Gasteiger partial charge in [0.15, 0.2) is 0 Å². The van der Waals surface area contributed by atoms with Crippen molar-refractivity contribution in [2.45, 2.75) is 4.21 Å². The molecule has 4 nitrogen and oxygen atoms in total. The molecular weight excluding hydrogens is 316 g/mol. The van der Waals surface area contributed by atoms with Crippen LogP contribution in [0.2, 0.25) is 4.34 Å². The van der Waals surface area contributed by atoms with Gasteiger partial charge in [0.2, 0.25) is 0 Å². The summed E-state index contributed by atoms with van der Waals surface area (Å²) in [5.41, 5.74) is 1.79. The zero-order valence-corrected chi connectivity index (χ0v) is 12.4. The van der Waals surface area contributed by atoms with Gasteiger partial charge in [-0.15, -0.1) is 11.3 Å². The van der Waals surface area contributed by atoms with Crippen LogP contribution < -0.4 is 4.72 Å². The second-order valence-electron chi connectivity index (χ2n) is 4.02. The number of benzene rings is 1. The number of rotatable bonds is 4. The number of para-hydroxylation sites is 1. The summed E-state index contributed by atoms with van der Waals surface area (Å²) in [5, 5.41) is 9.88. The fraction of sp³-hybridized carbons (Fsp3) is 0. The van der Waals surface area contributed by atoms with Gasteiger partial charge in [-0.1, -0.05) is 23.7 Å². The van der Waals surface area contributed by atoms with Crippen molar-refractivity contribution in [3.05, 3.63) is 46.4 Å². The van der Waals surface area contributed by atoms with Gasteiger partial charge in [-0.05, 0) is 36.2 Å². The monoisotopic (exact) mass is 324 g/mol. The zero-order valence-electron chi connectivity index (χ0n) is 10.0. The minimum absolute atomic E-state index is 0.179. The maximum atomic E-state index is 11.0. The van der Waals surface area contributed by atoms with E-state index >= 15 is 0 Å². The quantitative estimate of drug-likeness (QED) is 0.609. The molecule has 0 amide bonds. The van der Waals surface area contributed by atoms with Crippen LogP contribution >= 0.6 is 34.9 Å². The number of thiophene rings is 1. The lowest BCUT2D eigenvalue weighted by Gasteiger charge is -2.04. The van der Waals surface area contributed by atoms with Crippen LogP contribution in [0.5, 0.6) is 0 Å². The van der Waals surface area contributed by atoms with Gasteiger partial charge in [-0.2, -0.15) is 0 Å². The van der Waals surface area contributed by atoms with E-state index in [1.807, 2.05) is 30.3 Å². The van der Waals surface area contributed by atoms with Gasteiger partial charge in [-0.3, -0.25) is 0 Å². The van der Waals surface area contributed by atoms with Crippen molar-refractivity contribution in [3.8, 4) is 0 Å². The molecule has 2 heterocycles. The van der Waals surface area contributed by atoms with Gasteiger partial charge in [0, 0.05) is 5.39 Å². The number of carboxylic acids is 1. The Bertz CT molecular complexity index is 782. The third-order valence-corrected chi connectivity index (χ3v) is 4.88. The van der Waals surface area contributed by atoms with E-state index in [1.165, 1.54) is 23.3 Å². The topological polar surface area (TPSA) is 65.1 Å². The van der Waals surface area contributed by atoms with Gasteiger partial charge in [-0.25, -0.2) is 4.79 Å². The SMILES string of the molecule is O=C(O)c1cc2cccc(NSc3ccc(Cl)s3)c2[nH]1. The van der Waals surface area contributed by atoms with Crippen molar-refractivity contribution in [3.63, 3.8) is 0 Å². The van der Waals surface area contributed by atoms with Crippen molar-refractivity contribution < 1.29 is 9.90 Å². The summed E-state index contributed by atoms with van der Waals surface area (Å²) in [6.07, 6.45) is 0. The Morgan fingerprint density at radius 2 is 2.20 bits per heavy atom. The highest BCUT2D eigenvalue weighted by molar-refractivity contribution is 8.02. The number of aromatic nitrogens is 1. The third-order valence-electron chi connectivity index (χ3n) is 2.70. The molecule has 0 bridgehead atoms. The van der Waals surface area contributed by atoms with Crippen LogP contribution in [-0.4, -0.2) is 16.1 Å². The first-order chi connectivity index (χ1) is 9.63. The molecule has 0 saturated heterocycles. The molecule has 0 fully saturated rings. The Labute approximate surface area is 127 Å². The molecule has 0 aliphatic carbocycles. The van der Waals surface area contributed by atoms with Crippen LogP contribution in [0, 0.1) is 0 Å². The molecule has 3 N–H and O–H groups in total. The van der Waals surface area contributed by atoms with E-state index in [0.717, 1.165) is 25.1 Å². The number of aromatic carboxylic acids is 1. The van der Waals surface area contributed by atoms with Crippen molar-refractivity contribution >= 4 is 57.4 Å². The van der Waals surface area contributed by atoms with Crippen LogP contribution in [0.25, 0.3) is 10.9 Å². The average Bonchev–Trinajstić information content (AvgIpc) is 3.02. The first-order valence-electron chi connectivity index (χ1n) is 5.67. The molecule has 3 rings (SSSR count). The molecule has 0 saturated carbocycles. The molecule has 20 heavy (non-hydrogen) atoms. The van der Waals surface area contributed by atoms with Gasteiger partial charge in [0.1, 0.15) is 5.69 Å². The van der Waals surface area contributed by atoms with E-state index in [-0.39, 0.29) is 5.69 Å². The van der Waals surface area contributed by atoms with Crippen molar-refractivity contribution in [2.75, 3.05) is 4.72 Å². The normalized spacial score (nSPS) is 10.8. The summed E-state index contributed by atoms with van der Waals surface area (Å²) in [7, 11) is 0. The van der Waals surface area contributed by atoms with Crippen LogP contribution in [-0.2, 0) is 0 Å². The zero-order chi connectivity index (χ0) is 14.1. The van der Waals surface area contributed by atoms with Crippen molar-refractivity contribution in [1.82, 2.24) is 4.98 Å². The van der Waals surface area contributed by atoms with Crippen LogP contribution in [0.15, 0.2) is 40.6 Å². The number of hydrogen-bond donors (Lipinski definition) is 3. The molecule has 102 valence electrons. The number of carboxylic acid groups (broad SMARTS) is 1. The van der Waals surface area contributed by atoms with E-state index in [1.54, 1.807) is 6.07 Å². The lowest BCUT2D eigenvalue weighted by atomic mass is 10.2. The fourth-order valence-corrected chi connectivity index (χ4v) is 3.81. The fourth-order valence-electron chi connectivity index (χ4n) is 1.81. The highest BCUT2D eigenvalue weighted by Crippen LogP contribution is 2.33. The minimum atomic E-state index is -0.968. The van der Waals surface area contributed by atoms with E-state index in [0.29, 0.717) is 0 Å². The predicted octanol–water partition coefficient (Wildman–Crippen LogP) is 4.70. The molecule has 0 aliphatic heterocycles. The van der Waals surface area contributed by atoms with Gasteiger partial charge >= 0.3 is 5.97 Å². The molecule has 7 heteroatoms. The van der Waals surface area contributed by atoms with E-state index in [2.05, 4.69) is 9.71 Å². The number of H-pyrrole nitrogens is 1. The molecular formula is C13H9ClN2O2S2. The highest BCUT2D eigenvalue weighted by atomic mass is 35.5. The Kier molecular flexibility index (Phi) is 3.60. The highest BCUT2D eigenvalue weighted by Gasteiger charge is 2.10. The standard InChI is InChI=1S/C13H9ClN2O2S2/c14-10-4-5-11(19-10)20-16-8-3-1-2-7-6-9(13(17)18)15-12(7)8/h1-6,15-16H,(H,17,18). The van der Waals surface area contributed by atoms with Crippen LogP contribution in [0.3, 0.4) is 0 Å². The van der Waals surface area contributed by atoms with E-state index in [4.69, 9.17) is 16.7 Å². The third kappa shape index (κ3) is 2.63. The minimum Gasteiger partial charge on any atom is -0.477 e. The summed E-state index contributed by atoms with van der Waals surface area (Å²) in [6.45, 7) is 0. The summed E-state index contributed by atoms with van der Waals surface area (Å²) in [6, 6.07) is 11.0. The molecule has 0 aliphatic rings. The maximum absolute atomic E-state index is 11.0. The molecule has 2 aromatic heterocycles. The lowest BCUT2D eigenvalue weighted by Crippen LogP contribution is -1.95. The smallest absolute Gasteiger partial charge is 0.352 e. The van der Waals surface area contributed by atoms with E-state index in [9.17, 15) is 4.79 Å². The summed E-state index contributed by atoms with van der Waals surface area (Å²) in [5.74, 6) is -0.968. The summed E-state index contributed by atoms with van der Waals surface area (Å²) < 4.78 is 4.99. The number of hydrogen-bond acceptors (Lipinski definition) is 4. The van der Waals surface area contributed by atoms with E-state index < -0.39 is 5.97 Å². The average molecular weight is 325 g/mol. The maximum Gasteiger partial charge on any atom is 0.352 e. The number of carbonyl (C=O) groups is 1. The molecule has 0 radical (unpaired) electrons. The second kappa shape index (κ2) is 5.40. The Morgan fingerprint density at radius 3 is 2.90 bits per heavy atom. The first-order valence-corrected chi connectivity index (χ1v) is 7.68. The molecule has 3 aromatic rings. The molecule has 0 spiro atoms. The Morgan fingerprint density at radius 1 is 1.35 bits per heavy atom. The Balaban J connectivity index is 1.89. The summed E-state index contributed by atoms with van der Waals surface area (Å²) in [4.78, 5) is 13.9. The Hall–Kier alpha value is -1.63. The predicted molar refractivity (Wildman–Crippen MR) is 84.1 cm³/mol. The van der Waals surface area contributed by atoms with Crippen LogP contribution in [0.4, 0.5) is 5.69 Å². The van der Waals surface area contributed by atoms with Gasteiger partial charge < -0.3 is 14.8 Å². The molecule has 0 atom stereocenters. The van der Waals surface area contributed by atoms with Crippen molar-refractivity contribution in [2.24, 2.45) is 0 Å². The largest absolute Gasteiger partial charge is 0.477 e. The number of halogens is 1. The lowest BCUT2D eigenvalue weighted by molar-refractivity contribution is 0.0691. The molecule has 0 unspecified atom stereocenters. The van der Waals surface area contributed by atoms with Crippen molar-refractivity contribution in [1.29, 1.82) is 0 Å². The molecule has 1 aromatic carbocycles. The number of fused-ring (bicyclic) bond motifs is 1. The second-order valence-corrected chi connectivity index (χ2v) is 6.84. The number of nitrogens with one attached hydrogen (secondary N) is 2. The number of anilines is 1. The van der Waals surface area contributed by atoms with Gasteiger partial charge in [0.25, 0.3) is 0 Å². The first kappa shape index (κ1) is 13.4. The van der Waals surface area contributed by atoms with Crippen LogP contribution in [0.1, 0.15) is 10.5 Å². The summed E-state index contributed by atoms with van der Waals surface area (Å²) >= 11 is 8.81.